The Morgan fingerprint density at radius 3 is 0.500 bits per heavy atom. The van der Waals surface area contributed by atoms with E-state index in [0.29, 0.717) is 78.5 Å². The Morgan fingerprint density at radius 1 is 0.286 bits per heavy atom. The summed E-state index contributed by atoms with van der Waals surface area (Å²) in [6.07, 6.45) is 0. The van der Waals surface area contributed by atoms with Crippen molar-refractivity contribution in [1.82, 2.24) is 19.6 Å². The average molecular weight is 667 g/mol. The maximum atomic E-state index is 10.1. The van der Waals surface area contributed by atoms with Gasteiger partial charge in [0.25, 0.3) is 0 Å². The van der Waals surface area contributed by atoms with Gasteiger partial charge in [-0.15, -0.1) is 13.2 Å². The molecule has 0 rings (SSSR count). The van der Waals surface area contributed by atoms with Gasteiger partial charge in [-0.2, -0.15) is 0 Å². The molecular weight excluding hydrogens is 608 g/mol. The van der Waals surface area contributed by atoms with E-state index in [1.165, 1.54) is 0 Å². The third kappa shape index (κ3) is 47.8. The Morgan fingerprint density at radius 2 is 0.405 bits per heavy atom. The van der Waals surface area contributed by atoms with Crippen LogP contribution in [0.2, 0.25) is 0 Å². The molecule has 18 heteroatoms. The van der Waals surface area contributed by atoms with Gasteiger partial charge in [0.15, 0.2) is 0 Å². The van der Waals surface area contributed by atoms with Gasteiger partial charge in [-0.1, -0.05) is 0 Å². The summed E-state index contributed by atoms with van der Waals surface area (Å²) in [6.45, 7) is 6.02. The normalized spacial score (nSPS) is 10.3. The van der Waals surface area contributed by atoms with Crippen LogP contribution in [0.3, 0.4) is 0 Å². The minimum Gasteiger partial charge on any atom is -0.854 e. The molecule has 16 nitrogen and oxygen atoms in total. The van der Waals surface area contributed by atoms with Crippen molar-refractivity contribution in [3.8, 4) is 0 Å². The monoisotopic (exact) mass is 666 g/mol. The van der Waals surface area contributed by atoms with Crippen molar-refractivity contribution in [2.45, 2.75) is 0 Å². The Bertz CT molecular complexity index is 309. The minimum absolute atomic E-state index is 0. The van der Waals surface area contributed by atoms with Crippen molar-refractivity contribution in [2.24, 2.45) is 0 Å². The summed E-state index contributed by atoms with van der Waals surface area (Å²) in [5.41, 5.74) is 0. The van der Waals surface area contributed by atoms with E-state index in [2.05, 4.69) is 0 Å². The SMILES string of the molecule is OCCN(CCO)CCO.OCCN(CCO)CCO.[Mg+2].[O-]CCN(CCO)CCO.[O-]CCN(CCO)CCO.[Ti]. The molecule has 0 saturated heterocycles. The van der Waals surface area contributed by atoms with Crippen LogP contribution in [-0.4, -0.2) is 252 Å². The van der Waals surface area contributed by atoms with Crippen LogP contribution >= 0.6 is 0 Å². The molecule has 0 unspecified atom stereocenters. The molecule has 0 atom stereocenters. The van der Waals surface area contributed by atoms with E-state index in [0.717, 1.165) is 0 Å². The fourth-order valence-electron chi connectivity index (χ4n) is 3.01. The molecule has 0 amide bonds. The van der Waals surface area contributed by atoms with Crippen molar-refractivity contribution >= 4 is 23.1 Å². The van der Waals surface area contributed by atoms with Crippen molar-refractivity contribution in [3.63, 3.8) is 0 Å². The molecule has 0 aliphatic heterocycles. The van der Waals surface area contributed by atoms with Gasteiger partial charge in [0, 0.05) is 87.2 Å². The van der Waals surface area contributed by atoms with Gasteiger partial charge in [-0.25, -0.2) is 0 Å². The zero-order valence-corrected chi connectivity index (χ0v) is 28.2. The van der Waals surface area contributed by atoms with Crippen molar-refractivity contribution in [3.05, 3.63) is 0 Å². The Labute approximate surface area is 282 Å². The summed E-state index contributed by atoms with van der Waals surface area (Å²) in [5.74, 6) is 0. The minimum atomic E-state index is -0.181. The van der Waals surface area contributed by atoms with Crippen LogP contribution in [0.15, 0.2) is 0 Å². The van der Waals surface area contributed by atoms with Gasteiger partial charge >= 0.3 is 23.1 Å². The first kappa shape index (κ1) is 55.3. The molecule has 0 aromatic rings. The molecule has 0 fully saturated rings. The predicted octanol–water partition coefficient (Wildman–Crippen LogP) is -8.59. The first-order valence-electron chi connectivity index (χ1n) is 13.5. The Hall–Kier alpha value is 0.841. The number of rotatable bonds is 24. The standard InChI is InChI=1S/2C6H15NO3.2C6H14NO3.Mg.Ti/c4*8-4-1-7(2-5-9)3-6-10;;/h2*8-10H,1-6H2;2*8-9H,1-6H2;;/q;;2*-1;+2;. The van der Waals surface area contributed by atoms with Crippen LogP contribution in [0.1, 0.15) is 0 Å². The molecule has 0 spiro atoms. The van der Waals surface area contributed by atoms with Crippen LogP contribution in [0.25, 0.3) is 0 Å². The summed E-state index contributed by atoms with van der Waals surface area (Å²) in [7, 11) is 0. The molecule has 10 N–H and O–H groups in total. The van der Waals surface area contributed by atoms with Crippen LogP contribution in [0.5, 0.6) is 0 Å². The van der Waals surface area contributed by atoms with E-state index in [4.69, 9.17) is 51.1 Å². The van der Waals surface area contributed by atoms with Crippen molar-refractivity contribution in [1.29, 1.82) is 0 Å². The van der Waals surface area contributed by atoms with Crippen molar-refractivity contribution < 1.29 is 83.0 Å². The zero-order chi connectivity index (χ0) is 31.3. The second-order valence-electron chi connectivity index (χ2n) is 8.01. The second-order valence-corrected chi connectivity index (χ2v) is 8.01. The summed E-state index contributed by atoms with van der Waals surface area (Å²) in [4.78, 5) is 7.04. The molecule has 0 radical (unpaired) electrons. The van der Waals surface area contributed by atoms with Gasteiger partial charge < -0.3 is 71.1 Å². The van der Waals surface area contributed by atoms with Crippen molar-refractivity contribution in [2.75, 3.05) is 158 Å². The van der Waals surface area contributed by atoms with Crippen LogP contribution in [0.4, 0.5) is 0 Å². The molecule has 0 heterocycles. The molecule has 0 bridgehead atoms. The van der Waals surface area contributed by atoms with Gasteiger partial charge in [0.2, 0.25) is 0 Å². The van der Waals surface area contributed by atoms with E-state index < -0.39 is 0 Å². The maximum Gasteiger partial charge on any atom is 2.00 e. The molecule has 0 aliphatic carbocycles. The van der Waals surface area contributed by atoms with E-state index in [-0.39, 0.29) is 124 Å². The molecule has 0 aromatic heterocycles. The second kappa shape index (κ2) is 51.4. The molecule has 0 saturated carbocycles. The molecule has 42 heavy (non-hydrogen) atoms. The number of hydrogen-bond acceptors (Lipinski definition) is 16. The van der Waals surface area contributed by atoms with E-state index in [9.17, 15) is 10.2 Å². The fourth-order valence-corrected chi connectivity index (χ4v) is 3.01. The molecule has 0 aliphatic rings. The Balaban J connectivity index is -0.000000101. The molecule has 0 aromatic carbocycles. The van der Waals surface area contributed by atoms with E-state index in [1.807, 2.05) is 0 Å². The maximum absolute atomic E-state index is 10.1. The Kier molecular flexibility index (Phi) is 67.7. The topological polar surface area (TPSA) is 261 Å². The third-order valence-electron chi connectivity index (χ3n) is 4.98. The molecular formula is C24H58MgN4O12Ti. The molecule has 252 valence electrons. The quantitative estimate of drug-likeness (QED) is 0.0429. The van der Waals surface area contributed by atoms with Crippen LogP contribution < -0.4 is 10.2 Å². The van der Waals surface area contributed by atoms with Gasteiger partial charge in [0.1, 0.15) is 0 Å². The first-order valence-corrected chi connectivity index (χ1v) is 13.5. The average Bonchev–Trinajstić information content (AvgIpc) is 2.92. The first-order chi connectivity index (χ1) is 19.4. The van der Waals surface area contributed by atoms with E-state index >= 15 is 0 Å². The smallest absolute Gasteiger partial charge is 0.854 e. The van der Waals surface area contributed by atoms with Crippen LogP contribution in [0, 0.1) is 0 Å². The van der Waals surface area contributed by atoms with Gasteiger partial charge in [-0.3, -0.25) is 9.80 Å². The van der Waals surface area contributed by atoms with E-state index in [1.54, 1.807) is 19.6 Å². The fraction of sp³-hybridized carbons (Fsp3) is 1.00. The van der Waals surface area contributed by atoms with Gasteiger partial charge in [-0.05, 0) is 13.1 Å². The summed E-state index contributed by atoms with van der Waals surface area (Å²) in [5, 5.41) is 105. The summed E-state index contributed by atoms with van der Waals surface area (Å²) >= 11 is 0. The number of aliphatic hydroxyl groups excluding tert-OH is 10. The predicted molar refractivity (Wildman–Crippen MR) is 152 cm³/mol. The van der Waals surface area contributed by atoms with Gasteiger partial charge in [0.05, 0.1) is 66.1 Å². The third-order valence-corrected chi connectivity index (χ3v) is 4.98. The zero-order valence-electron chi connectivity index (χ0n) is 25.3. The summed E-state index contributed by atoms with van der Waals surface area (Å²) in [6, 6.07) is 0. The number of nitrogens with zero attached hydrogens (tertiary/aromatic N) is 4. The number of aliphatic hydroxyl groups is 10. The number of hydrogen-bond donors (Lipinski definition) is 10. The largest absolute Gasteiger partial charge is 2.00 e. The van der Waals surface area contributed by atoms with Crippen LogP contribution in [-0.2, 0) is 21.7 Å². The summed E-state index contributed by atoms with van der Waals surface area (Å²) < 4.78 is 0.